The smallest absolute Gasteiger partial charge is 0.341 e. The molecule has 1 aromatic rings. The van der Waals surface area contributed by atoms with Crippen molar-refractivity contribution in [2.45, 2.75) is 38.4 Å². The Morgan fingerprint density at radius 3 is 2.67 bits per heavy atom. The van der Waals surface area contributed by atoms with Gasteiger partial charge in [0.2, 0.25) is 5.91 Å². The summed E-state index contributed by atoms with van der Waals surface area (Å²) in [6.45, 7) is 0.349. The maximum atomic E-state index is 13.1. The molecule has 1 aliphatic rings. The molecule has 1 aliphatic carbocycles. The molecular weight excluding hydrogens is 367 g/mol. The molecule has 1 fully saturated rings. The highest BCUT2D eigenvalue weighted by Gasteiger charge is 2.48. The molecule has 2 nitrogen and oxygen atoms in total. The van der Waals surface area contributed by atoms with E-state index in [4.69, 9.17) is 0 Å². The molecule has 0 aliphatic heterocycles. The Morgan fingerprint density at radius 2 is 2.10 bits per heavy atom. The zero-order chi connectivity index (χ0) is 15.6. The SMILES string of the molecule is CN(Cc1csc(Br)c1)C(=O)C1CCCCC1C(F)(F)F. The Kier molecular flexibility index (Phi) is 5.35. The highest BCUT2D eigenvalue weighted by molar-refractivity contribution is 9.11. The number of hydrogen-bond acceptors (Lipinski definition) is 2. The van der Waals surface area contributed by atoms with Gasteiger partial charge in [0.1, 0.15) is 0 Å². The number of thiophene rings is 1. The monoisotopic (exact) mass is 383 g/mol. The van der Waals surface area contributed by atoms with Crippen LogP contribution >= 0.6 is 27.3 Å². The van der Waals surface area contributed by atoms with Crippen LogP contribution in [0.5, 0.6) is 0 Å². The third-order valence-electron chi connectivity index (χ3n) is 3.92. The summed E-state index contributed by atoms with van der Waals surface area (Å²) < 4.78 is 40.2. The van der Waals surface area contributed by atoms with Crippen molar-refractivity contribution in [3.63, 3.8) is 0 Å². The fourth-order valence-electron chi connectivity index (χ4n) is 2.88. The van der Waals surface area contributed by atoms with E-state index in [0.29, 0.717) is 25.8 Å². The van der Waals surface area contributed by atoms with E-state index in [1.54, 1.807) is 7.05 Å². The maximum absolute atomic E-state index is 13.1. The van der Waals surface area contributed by atoms with Gasteiger partial charge in [0, 0.05) is 19.5 Å². The standard InChI is InChI=1S/C14H17BrF3NOS/c1-19(7-9-6-12(15)21-8-9)13(20)10-4-2-3-5-11(10)14(16,17)18/h6,8,10-11H,2-5,7H2,1H3. The first-order valence-corrected chi connectivity index (χ1v) is 8.51. The number of nitrogens with zero attached hydrogens (tertiary/aromatic N) is 1. The van der Waals surface area contributed by atoms with E-state index in [-0.39, 0.29) is 12.3 Å². The summed E-state index contributed by atoms with van der Waals surface area (Å²) in [7, 11) is 1.58. The Morgan fingerprint density at radius 1 is 1.43 bits per heavy atom. The first kappa shape index (κ1) is 16.8. The Labute approximate surface area is 134 Å². The average Bonchev–Trinajstić information content (AvgIpc) is 2.82. The summed E-state index contributed by atoms with van der Waals surface area (Å²) in [5.41, 5.74) is 0.932. The summed E-state index contributed by atoms with van der Waals surface area (Å²) in [6.07, 6.45) is -2.64. The number of alkyl halides is 3. The zero-order valence-corrected chi connectivity index (χ0v) is 14.0. The summed E-state index contributed by atoms with van der Waals surface area (Å²) in [5, 5.41) is 1.90. The normalized spacial score (nSPS) is 23.1. The van der Waals surface area contributed by atoms with Gasteiger partial charge in [-0.15, -0.1) is 11.3 Å². The van der Waals surface area contributed by atoms with Crippen LogP contribution in [0, 0.1) is 11.8 Å². The van der Waals surface area contributed by atoms with Gasteiger partial charge in [0.15, 0.2) is 0 Å². The van der Waals surface area contributed by atoms with E-state index < -0.39 is 18.0 Å². The third-order valence-corrected chi connectivity index (χ3v) is 5.47. The molecule has 1 saturated carbocycles. The molecule has 118 valence electrons. The molecule has 0 spiro atoms. The van der Waals surface area contributed by atoms with E-state index in [0.717, 1.165) is 9.35 Å². The molecular formula is C14H17BrF3NOS. The maximum Gasteiger partial charge on any atom is 0.392 e. The van der Waals surface area contributed by atoms with Crippen molar-refractivity contribution in [1.29, 1.82) is 0 Å². The number of rotatable bonds is 3. The van der Waals surface area contributed by atoms with Crippen molar-refractivity contribution in [2.24, 2.45) is 11.8 Å². The molecule has 2 atom stereocenters. The van der Waals surface area contributed by atoms with Crippen LogP contribution in [0.3, 0.4) is 0 Å². The van der Waals surface area contributed by atoms with E-state index in [1.165, 1.54) is 16.2 Å². The van der Waals surface area contributed by atoms with Crippen LogP contribution in [0.4, 0.5) is 13.2 Å². The van der Waals surface area contributed by atoms with E-state index in [9.17, 15) is 18.0 Å². The second-order valence-corrected chi connectivity index (χ2v) is 7.78. The molecule has 2 rings (SSSR count). The van der Waals surface area contributed by atoms with Crippen molar-refractivity contribution < 1.29 is 18.0 Å². The van der Waals surface area contributed by atoms with Crippen LogP contribution in [0.15, 0.2) is 15.2 Å². The van der Waals surface area contributed by atoms with Crippen molar-refractivity contribution in [2.75, 3.05) is 7.05 Å². The number of carbonyl (C=O) groups excluding carboxylic acids is 1. The Bertz CT molecular complexity index is 503. The summed E-state index contributed by atoms with van der Waals surface area (Å²) in [5.74, 6) is -2.81. The Balaban J connectivity index is 2.06. The lowest BCUT2D eigenvalue weighted by Gasteiger charge is -2.34. The first-order chi connectivity index (χ1) is 9.79. The zero-order valence-electron chi connectivity index (χ0n) is 11.6. The van der Waals surface area contributed by atoms with Crippen molar-refractivity contribution in [1.82, 2.24) is 4.90 Å². The van der Waals surface area contributed by atoms with Gasteiger partial charge in [0.05, 0.1) is 9.70 Å². The number of amides is 1. The topological polar surface area (TPSA) is 20.3 Å². The van der Waals surface area contributed by atoms with Crippen molar-refractivity contribution in [3.8, 4) is 0 Å². The van der Waals surface area contributed by atoms with Crippen LogP contribution in [-0.2, 0) is 11.3 Å². The fraction of sp³-hybridized carbons (Fsp3) is 0.643. The molecule has 2 unspecified atom stereocenters. The van der Waals surface area contributed by atoms with Crippen molar-refractivity contribution in [3.05, 3.63) is 20.8 Å². The minimum Gasteiger partial charge on any atom is -0.341 e. The summed E-state index contributed by atoms with van der Waals surface area (Å²) in [4.78, 5) is 13.8. The minimum atomic E-state index is -4.28. The molecule has 0 radical (unpaired) electrons. The molecule has 0 saturated heterocycles. The van der Waals surface area contributed by atoms with Gasteiger partial charge >= 0.3 is 6.18 Å². The molecule has 7 heteroatoms. The number of hydrogen-bond donors (Lipinski definition) is 0. The lowest BCUT2D eigenvalue weighted by atomic mass is 9.78. The molecule has 1 aromatic heterocycles. The van der Waals surface area contributed by atoms with Crippen molar-refractivity contribution >= 4 is 33.2 Å². The van der Waals surface area contributed by atoms with E-state index in [1.807, 2.05) is 11.4 Å². The minimum absolute atomic E-state index is 0.0672. The molecule has 0 aromatic carbocycles. The Hall–Kier alpha value is -0.560. The highest BCUT2D eigenvalue weighted by atomic mass is 79.9. The van der Waals surface area contributed by atoms with Gasteiger partial charge in [0.25, 0.3) is 0 Å². The predicted octanol–water partition coefficient (Wildman–Crippen LogP) is 4.84. The second-order valence-electron chi connectivity index (χ2n) is 5.49. The van der Waals surface area contributed by atoms with E-state index in [2.05, 4.69) is 15.9 Å². The highest BCUT2D eigenvalue weighted by Crippen LogP contribution is 2.42. The molecule has 0 N–H and O–H groups in total. The third kappa shape index (κ3) is 4.22. The van der Waals surface area contributed by atoms with Crippen LogP contribution < -0.4 is 0 Å². The van der Waals surface area contributed by atoms with Crippen LogP contribution in [0.2, 0.25) is 0 Å². The van der Waals surface area contributed by atoms with Gasteiger partial charge in [-0.2, -0.15) is 13.2 Å². The number of halogens is 4. The van der Waals surface area contributed by atoms with Crippen LogP contribution in [-0.4, -0.2) is 24.0 Å². The number of carbonyl (C=O) groups is 1. The van der Waals surface area contributed by atoms with Crippen LogP contribution in [0.1, 0.15) is 31.2 Å². The van der Waals surface area contributed by atoms with Gasteiger partial charge in [-0.25, -0.2) is 0 Å². The molecule has 1 amide bonds. The fourth-order valence-corrected chi connectivity index (χ4v) is 4.08. The van der Waals surface area contributed by atoms with Gasteiger partial charge in [-0.1, -0.05) is 12.8 Å². The van der Waals surface area contributed by atoms with Gasteiger partial charge < -0.3 is 4.90 Å². The molecule has 0 bridgehead atoms. The second kappa shape index (κ2) is 6.69. The summed E-state index contributed by atoms with van der Waals surface area (Å²) in [6, 6.07) is 1.89. The molecule has 1 heterocycles. The average molecular weight is 384 g/mol. The molecule has 21 heavy (non-hydrogen) atoms. The first-order valence-electron chi connectivity index (χ1n) is 6.83. The summed E-state index contributed by atoms with van der Waals surface area (Å²) >= 11 is 4.83. The lowest BCUT2D eigenvalue weighted by molar-refractivity contribution is -0.200. The predicted molar refractivity (Wildman–Crippen MR) is 80.0 cm³/mol. The largest absolute Gasteiger partial charge is 0.392 e. The van der Waals surface area contributed by atoms with Crippen LogP contribution in [0.25, 0.3) is 0 Å². The van der Waals surface area contributed by atoms with E-state index >= 15 is 0 Å². The van der Waals surface area contributed by atoms with Gasteiger partial charge in [-0.05, 0) is 45.8 Å². The lowest BCUT2D eigenvalue weighted by Crippen LogP contribution is -2.43. The van der Waals surface area contributed by atoms with Gasteiger partial charge in [-0.3, -0.25) is 4.79 Å². The quantitative estimate of drug-likeness (QED) is 0.731.